The van der Waals surface area contributed by atoms with Gasteiger partial charge in [0.2, 0.25) is 5.91 Å². The number of hydrogen-bond acceptors (Lipinski definition) is 6. The van der Waals surface area contributed by atoms with Crippen molar-refractivity contribution < 1.29 is 30.3 Å². The van der Waals surface area contributed by atoms with Gasteiger partial charge in [-0.2, -0.15) is 0 Å². The van der Waals surface area contributed by atoms with E-state index in [1.807, 2.05) is 6.08 Å². The summed E-state index contributed by atoms with van der Waals surface area (Å²) < 4.78 is 0. The van der Waals surface area contributed by atoms with Crippen molar-refractivity contribution in [1.29, 1.82) is 0 Å². The van der Waals surface area contributed by atoms with Crippen LogP contribution in [-0.4, -0.2) is 81.0 Å². The van der Waals surface area contributed by atoms with Gasteiger partial charge in [-0.1, -0.05) is 31.8 Å². The molecular formula is C18H35NO6. The molecule has 0 spiro atoms. The number of carbonyl (C=O) groups is 1. The van der Waals surface area contributed by atoms with Gasteiger partial charge in [0.1, 0.15) is 24.4 Å². The van der Waals surface area contributed by atoms with Crippen molar-refractivity contribution in [1.82, 2.24) is 4.90 Å². The number of aliphatic hydroxyl groups excluding tert-OH is 5. The Labute approximate surface area is 150 Å². The van der Waals surface area contributed by atoms with Gasteiger partial charge in [-0.15, -0.1) is 6.58 Å². The minimum absolute atomic E-state index is 0.143. The zero-order valence-electron chi connectivity index (χ0n) is 15.3. The molecule has 148 valence electrons. The average molecular weight is 361 g/mol. The maximum absolute atomic E-state index is 12.0. The van der Waals surface area contributed by atoms with E-state index in [0.29, 0.717) is 6.42 Å². The largest absolute Gasteiger partial charge is 0.394 e. The Bertz CT molecular complexity index is 365. The lowest BCUT2D eigenvalue weighted by Gasteiger charge is -2.28. The quantitative estimate of drug-likeness (QED) is 0.210. The van der Waals surface area contributed by atoms with Crippen LogP contribution < -0.4 is 0 Å². The molecule has 0 aliphatic heterocycles. The molecule has 0 radical (unpaired) electrons. The van der Waals surface area contributed by atoms with Crippen molar-refractivity contribution in [3.05, 3.63) is 12.7 Å². The van der Waals surface area contributed by atoms with E-state index in [1.165, 1.54) is 18.4 Å². The molecule has 0 aromatic rings. The highest BCUT2D eigenvalue weighted by atomic mass is 16.4. The molecule has 5 N–H and O–H groups in total. The fraction of sp³-hybridized carbons (Fsp3) is 0.833. The minimum Gasteiger partial charge on any atom is -0.394 e. The third-order valence-corrected chi connectivity index (χ3v) is 4.26. The Balaban J connectivity index is 3.95. The van der Waals surface area contributed by atoms with Gasteiger partial charge in [0.15, 0.2) is 0 Å². The van der Waals surface area contributed by atoms with E-state index in [4.69, 9.17) is 5.11 Å². The fourth-order valence-electron chi connectivity index (χ4n) is 2.52. The molecule has 0 aliphatic rings. The van der Waals surface area contributed by atoms with Crippen LogP contribution in [-0.2, 0) is 4.79 Å². The number of unbranched alkanes of at least 4 members (excludes halogenated alkanes) is 6. The van der Waals surface area contributed by atoms with Gasteiger partial charge in [-0.25, -0.2) is 0 Å². The van der Waals surface area contributed by atoms with Crippen LogP contribution in [0.4, 0.5) is 0 Å². The maximum Gasteiger partial charge on any atom is 0.222 e. The summed E-state index contributed by atoms with van der Waals surface area (Å²) in [5.74, 6) is -0.143. The molecule has 4 atom stereocenters. The van der Waals surface area contributed by atoms with Gasteiger partial charge in [-0.05, 0) is 19.3 Å². The molecule has 0 saturated heterocycles. The topological polar surface area (TPSA) is 121 Å². The van der Waals surface area contributed by atoms with Crippen LogP contribution in [0.15, 0.2) is 12.7 Å². The Morgan fingerprint density at radius 3 is 2.04 bits per heavy atom. The number of aliphatic hydroxyl groups is 5. The third kappa shape index (κ3) is 10.6. The van der Waals surface area contributed by atoms with E-state index in [-0.39, 0.29) is 12.5 Å². The predicted molar refractivity (Wildman–Crippen MR) is 95.9 cm³/mol. The monoisotopic (exact) mass is 361 g/mol. The third-order valence-electron chi connectivity index (χ3n) is 4.26. The van der Waals surface area contributed by atoms with Crippen LogP contribution in [0.3, 0.4) is 0 Å². The minimum atomic E-state index is -1.68. The van der Waals surface area contributed by atoms with Gasteiger partial charge in [-0.3, -0.25) is 4.79 Å². The molecule has 4 unspecified atom stereocenters. The molecular weight excluding hydrogens is 326 g/mol. The summed E-state index contributed by atoms with van der Waals surface area (Å²) in [5, 5.41) is 47.2. The number of nitrogens with zero attached hydrogens (tertiary/aromatic N) is 1. The van der Waals surface area contributed by atoms with E-state index in [2.05, 4.69) is 6.58 Å². The summed E-state index contributed by atoms with van der Waals surface area (Å²) in [6, 6.07) is 0. The number of likely N-dealkylation sites (N-methyl/N-ethyl adjacent to an activating group) is 1. The summed E-state index contributed by atoms with van der Waals surface area (Å²) in [4.78, 5) is 13.3. The highest BCUT2D eigenvalue weighted by molar-refractivity contribution is 5.75. The second-order valence-corrected chi connectivity index (χ2v) is 6.52. The first-order valence-corrected chi connectivity index (χ1v) is 9.03. The van der Waals surface area contributed by atoms with E-state index in [9.17, 15) is 25.2 Å². The van der Waals surface area contributed by atoms with E-state index < -0.39 is 31.0 Å². The summed E-state index contributed by atoms with van der Waals surface area (Å²) in [5.41, 5.74) is 0. The number of hydrogen-bond donors (Lipinski definition) is 5. The molecule has 0 aliphatic carbocycles. The Morgan fingerprint density at radius 2 is 1.48 bits per heavy atom. The van der Waals surface area contributed by atoms with Crippen molar-refractivity contribution in [2.24, 2.45) is 0 Å². The van der Waals surface area contributed by atoms with E-state index in [1.54, 1.807) is 0 Å². The van der Waals surface area contributed by atoms with Crippen molar-refractivity contribution in [3.8, 4) is 0 Å². The first kappa shape index (κ1) is 24.0. The molecule has 0 aromatic carbocycles. The predicted octanol–water partition coefficient (Wildman–Crippen LogP) is 0.187. The zero-order chi connectivity index (χ0) is 19.2. The van der Waals surface area contributed by atoms with Crippen molar-refractivity contribution in [3.63, 3.8) is 0 Å². The molecule has 0 saturated carbocycles. The Kier molecular flexibility index (Phi) is 13.6. The summed E-state index contributed by atoms with van der Waals surface area (Å²) in [7, 11) is 1.52. The zero-order valence-corrected chi connectivity index (χ0v) is 15.3. The lowest BCUT2D eigenvalue weighted by Crippen LogP contribution is -2.49. The lowest BCUT2D eigenvalue weighted by atomic mass is 10.0. The van der Waals surface area contributed by atoms with Crippen LogP contribution in [0.2, 0.25) is 0 Å². The van der Waals surface area contributed by atoms with Gasteiger partial charge in [0.25, 0.3) is 0 Å². The normalized spacial score (nSPS) is 16.1. The highest BCUT2D eigenvalue weighted by Gasteiger charge is 2.31. The molecule has 0 rings (SSSR count). The summed E-state index contributed by atoms with van der Waals surface area (Å²) in [6.07, 6.45) is 3.36. The molecule has 7 heteroatoms. The molecule has 0 heterocycles. The number of amides is 1. The van der Waals surface area contributed by atoms with Gasteiger partial charge in [0.05, 0.1) is 6.61 Å². The van der Waals surface area contributed by atoms with Crippen LogP contribution >= 0.6 is 0 Å². The number of rotatable bonds is 15. The first-order chi connectivity index (χ1) is 11.8. The molecule has 1 amide bonds. The molecule has 25 heavy (non-hydrogen) atoms. The molecule has 0 bridgehead atoms. The summed E-state index contributed by atoms with van der Waals surface area (Å²) in [6.45, 7) is 2.80. The van der Waals surface area contributed by atoms with Crippen molar-refractivity contribution in [2.45, 2.75) is 75.8 Å². The van der Waals surface area contributed by atoms with Gasteiger partial charge < -0.3 is 30.4 Å². The fourth-order valence-corrected chi connectivity index (χ4v) is 2.52. The van der Waals surface area contributed by atoms with Crippen molar-refractivity contribution >= 4 is 5.91 Å². The van der Waals surface area contributed by atoms with Crippen LogP contribution in [0.5, 0.6) is 0 Å². The van der Waals surface area contributed by atoms with Gasteiger partial charge in [0, 0.05) is 20.0 Å². The number of allylic oxidation sites excluding steroid dienone is 1. The molecule has 0 aromatic heterocycles. The summed E-state index contributed by atoms with van der Waals surface area (Å²) >= 11 is 0. The van der Waals surface area contributed by atoms with Crippen LogP contribution in [0, 0.1) is 0 Å². The SMILES string of the molecule is C=CCCCCCCCCC(=O)N(C)CC(O)C(O)C(O)C(O)CO. The lowest BCUT2D eigenvalue weighted by molar-refractivity contribution is -0.138. The number of carbonyl (C=O) groups excluding carboxylic acids is 1. The standard InChI is InChI=1S/C18H35NO6/c1-3-4-5-6-7-8-9-10-11-16(23)19(2)12-14(21)17(24)18(25)15(22)13-20/h3,14-15,17-18,20-22,24-25H,1,4-13H2,2H3. The van der Waals surface area contributed by atoms with E-state index >= 15 is 0 Å². The molecule has 7 nitrogen and oxygen atoms in total. The van der Waals surface area contributed by atoms with E-state index in [0.717, 1.165) is 38.5 Å². The highest BCUT2D eigenvalue weighted by Crippen LogP contribution is 2.11. The Hall–Kier alpha value is -0.990. The maximum atomic E-state index is 12.0. The smallest absolute Gasteiger partial charge is 0.222 e. The second kappa shape index (κ2) is 14.2. The average Bonchev–Trinajstić information content (AvgIpc) is 2.61. The van der Waals surface area contributed by atoms with Crippen molar-refractivity contribution in [2.75, 3.05) is 20.2 Å². The van der Waals surface area contributed by atoms with Gasteiger partial charge >= 0.3 is 0 Å². The first-order valence-electron chi connectivity index (χ1n) is 9.03. The molecule has 0 fully saturated rings. The van der Waals surface area contributed by atoms with Crippen LogP contribution in [0.25, 0.3) is 0 Å². The van der Waals surface area contributed by atoms with Crippen LogP contribution in [0.1, 0.15) is 51.4 Å². The second-order valence-electron chi connectivity index (χ2n) is 6.52. The Morgan fingerprint density at radius 1 is 0.960 bits per heavy atom.